The molecule has 2 heterocycles. The van der Waals surface area contributed by atoms with Crippen molar-refractivity contribution in [2.75, 3.05) is 31.2 Å². The molecule has 3 rings (SSSR count). The van der Waals surface area contributed by atoms with Crippen LogP contribution in [0.2, 0.25) is 0 Å². The molecule has 0 spiro atoms. The molecule has 0 unspecified atom stereocenters. The maximum atomic E-state index is 12.2. The van der Waals surface area contributed by atoms with Crippen molar-refractivity contribution in [1.29, 1.82) is 0 Å². The molecule has 23 heavy (non-hydrogen) atoms. The summed E-state index contributed by atoms with van der Waals surface area (Å²) in [6.45, 7) is 5.50. The highest BCUT2D eigenvalue weighted by Crippen LogP contribution is 2.12. The predicted molar refractivity (Wildman–Crippen MR) is 87.4 cm³/mol. The molecule has 1 aliphatic rings. The van der Waals surface area contributed by atoms with Crippen LogP contribution in [0.25, 0.3) is 0 Å². The van der Waals surface area contributed by atoms with Gasteiger partial charge in [0.2, 0.25) is 0 Å². The van der Waals surface area contributed by atoms with E-state index in [1.54, 1.807) is 6.07 Å². The zero-order chi connectivity index (χ0) is 16.1. The minimum Gasteiger partial charge on any atom is -0.378 e. The van der Waals surface area contributed by atoms with E-state index in [4.69, 9.17) is 4.74 Å². The van der Waals surface area contributed by atoms with Gasteiger partial charge in [0, 0.05) is 19.6 Å². The van der Waals surface area contributed by atoms with Crippen LogP contribution in [-0.2, 0) is 11.3 Å². The fourth-order valence-corrected chi connectivity index (χ4v) is 2.48. The molecule has 6 nitrogen and oxygen atoms in total. The van der Waals surface area contributed by atoms with E-state index in [0.717, 1.165) is 30.0 Å². The Morgan fingerprint density at radius 3 is 2.65 bits per heavy atom. The Hall–Kier alpha value is -2.47. The van der Waals surface area contributed by atoms with E-state index in [-0.39, 0.29) is 5.91 Å². The summed E-state index contributed by atoms with van der Waals surface area (Å²) in [5, 5.41) is 11.1. The average molecular weight is 312 g/mol. The first-order valence-corrected chi connectivity index (χ1v) is 7.73. The number of benzene rings is 1. The quantitative estimate of drug-likeness (QED) is 0.928. The summed E-state index contributed by atoms with van der Waals surface area (Å²) in [6.07, 6.45) is 0. The Labute approximate surface area is 135 Å². The minimum atomic E-state index is -0.214. The van der Waals surface area contributed by atoms with Crippen LogP contribution in [0.15, 0.2) is 36.4 Å². The molecule has 1 N–H and O–H groups in total. The van der Waals surface area contributed by atoms with Crippen LogP contribution in [0.1, 0.15) is 21.6 Å². The van der Waals surface area contributed by atoms with Crippen LogP contribution in [0.5, 0.6) is 0 Å². The van der Waals surface area contributed by atoms with Gasteiger partial charge in [-0.25, -0.2) is 0 Å². The van der Waals surface area contributed by atoms with Crippen LogP contribution < -0.4 is 10.2 Å². The molecule has 120 valence electrons. The molecule has 1 aliphatic heterocycles. The number of aromatic nitrogens is 2. The SMILES string of the molecule is Cc1ccccc1CNC(=O)c1ccc(N2CCOCC2)nn1. The van der Waals surface area contributed by atoms with Gasteiger partial charge >= 0.3 is 0 Å². The van der Waals surface area contributed by atoms with E-state index in [9.17, 15) is 4.79 Å². The first-order valence-electron chi connectivity index (χ1n) is 7.73. The lowest BCUT2D eigenvalue weighted by atomic mass is 10.1. The molecule has 6 heteroatoms. The Bertz CT molecular complexity index is 667. The van der Waals surface area contributed by atoms with Crippen LogP contribution in [0.4, 0.5) is 5.82 Å². The van der Waals surface area contributed by atoms with Crippen LogP contribution in [-0.4, -0.2) is 42.4 Å². The number of nitrogens with zero attached hydrogens (tertiary/aromatic N) is 3. The van der Waals surface area contributed by atoms with Crippen molar-refractivity contribution in [3.8, 4) is 0 Å². The topological polar surface area (TPSA) is 67.4 Å². The van der Waals surface area contributed by atoms with Crippen molar-refractivity contribution in [2.45, 2.75) is 13.5 Å². The summed E-state index contributed by atoms with van der Waals surface area (Å²) in [7, 11) is 0. The smallest absolute Gasteiger partial charge is 0.272 e. The third-order valence-electron chi connectivity index (χ3n) is 3.92. The number of morpholine rings is 1. The first-order chi connectivity index (χ1) is 11.2. The summed E-state index contributed by atoms with van der Waals surface area (Å²) >= 11 is 0. The lowest BCUT2D eigenvalue weighted by molar-refractivity contribution is 0.0944. The zero-order valence-electron chi connectivity index (χ0n) is 13.2. The van der Waals surface area contributed by atoms with Crippen molar-refractivity contribution < 1.29 is 9.53 Å². The molecule has 1 aromatic heterocycles. The van der Waals surface area contributed by atoms with E-state index in [2.05, 4.69) is 20.4 Å². The Balaban J connectivity index is 1.60. The lowest BCUT2D eigenvalue weighted by Crippen LogP contribution is -2.37. The van der Waals surface area contributed by atoms with Crippen molar-refractivity contribution >= 4 is 11.7 Å². The molecule has 0 aliphatic carbocycles. The van der Waals surface area contributed by atoms with Gasteiger partial charge in [0.25, 0.3) is 5.91 Å². The van der Waals surface area contributed by atoms with Crippen LogP contribution >= 0.6 is 0 Å². The predicted octanol–water partition coefficient (Wildman–Crippen LogP) is 1.55. The highest BCUT2D eigenvalue weighted by atomic mass is 16.5. The number of carbonyl (C=O) groups excluding carboxylic acids is 1. The average Bonchev–Trinajstić information content (AvgIpc) is 2.62. The van der Waals surface area contributed by atoms with E-state index in [1.807, 2.05) is 37.3 Å². The number of carbonyl (C=O) groups is 1. The number of hydrogen-bond donors (Lipinski definition) is 1. The van der Waals surface area contributed by atoms with E-state index in [0.29, 0.717) is 25.5 Å². The Morgan fingerprint density at radius 2 is 1.96 bits per heavy atom. The third-order valence-corrected chi connectivity index (χ3v) is 3.92. The number of rotatable bonds is 4. The van der Waals surface area contributed by atoms with Gasteiger partial charge in [0.1, 0.15) is 0 Å². The normalized spacial score (nSPS) is 14.6. The largest absolute Gasteiger partial charge is 0.378 e. The third kappa shape index (κ3) is 3.84. The highest BCUT2D eigenvalue weighted by Gasteiger charge is 2.14. The zero-order valence-corrected chi connectivity index (χ0v) is 13.2. The fraction of sp³-hybridized carbons (Fsp3) is 0.353. The van der Waals surface area contributed by atoms with Gasteiger partial charge in [-0.1, -0.05) is 24.3 Å². The van der Waals surface area contributed by atoms with Gasteiger partial charge in [-0.3, -0.25) is 4.79 Å². The molecular formula is C17H20N4O2. The van der Waals surface area contributed by atoms with Gasteiger partial charge in [0.15, 0.2) is 11.5 Å². The van der Waals surface area contributed by atoms with Gasteiger partial charge in [0.05, 0.1) is 13.2 Å². The number of hydrogen-bond acceptors (Lipinski definition) is 5. The minimum absolute atomic E-state index is 0.214. The number of ether oxygens (including phenoxy) is 1. The van der Waals surface area contributed by atoms with E-state index >= 15 is 0 Å². The highest BCUT2D eigenvalue weighted by molar-refractivity contribution is 5.92. The van der Waals surface area contributed by atoms with E-state index < -0.39 is 0 Å². The fourth-order valence-electron chi connectivity index (χ4n) is 2.48. The van der Waals surface area contributed by atoms with Crippen molar-refractivity contribution in [1.82, 2.24) is 15.5 Å². The van der Waals surface area contributed by atoms with Crippen molar-refractivity contribution in [3.63, 3.8) is 0 Å². The maximum Gasteiger partial charge on any atom is 0.272 e. The second-order valence-electron chi connectivity index (χ2n) is 5.49. The van der Waals surface area contributed by atoms with Gasteiger partial charge in [-0.05, 0) is 30.2 Å². The van der Waals surface area contributed by atoms with Gasteiger partial charge < -0.3 is 15.0 Å². The summed E-state index contributed by atoms with van der Waals surface area (Å²) in [4.78, 5) is 14.3. The molecule has 0 bridgehead atoms. The molecule has 0 atom stereocenters. The van der Waals surface area contributed by atoms with Gasteiger partial charge in [-0.15, -0.1) is 10.2 Å². The summed E-state index contributed by atoms with van der Waals surface area (Å²) in [6, 6.07) is 11.5. The first kappa shape index (κ1) is 15.4. The van der Waals surface area contributed by atoms with Crippen LogP contribution in [0, 0.1) is 6.92 Å². The molecule has 2 aromatic rings. The molecular weight excluding hydrogens is 292 g/mol. The Morgan fingerprint density at radius 1 is 1.17 bits per heavy atom. The molecule has 0 radical (unpaired) electrons. The summed E-state index contributed by atoms with van der Waals surface area (Å²) < 4.78 is 5.31. The molecule has 1 aromatic carbocycles. The van der Waals surface area contributed by atoms with Crippen LogP contribution in [0.3, 0.4) is 0 Å². The summed E-state index contributed by atoms with van der Waals surface area (Å²) in [5.74, 6) is 0.568. The molecule has 1 fully saturated rings. The lowest BCUT2D eigenvalue weighted by Gasteiger charge is -2.27. The number of aryl methyl sites for hydroxylation is 1. The second-order valence-corrected chi connectivity index (χ2v) is 5.49. The maximum absolute atomic E-state index is 12.2. The summed E-state index contributed by atoms with van der Waals surface area (Å²) in [5.41, 5.74) is 2.58. The van der Waals surface area contributed by atoms with Gasteiger partial charge in [-0.2, -0.15) is 0 Å². The number of anilines is 1. The molecule has 0 saturated carbocycles. The molecule has 1 amide bonds. The standard InChI is InChI=1S/C17H20N4O2/c1-13-4-2-3-5-14(13)12-18-17(22)15-6-7-16(20-19-15)21-8-10-23-11-9-21/h2-7H,8-12H2,1H3,(H,18,22). The molecule has 1 saturated heterocycles. The van der Waals surface area contributed by atoms with E-state index in [1.165, 1.54) is 0 Å². The monoisotopic (exact) mass is 312 g/mol. The Kier molecular flexibility index (Phi) is 4.83. The van der Waals surface area contributed by atoms with Crippen molar-refractivity contribution in [3.05, 3.63) is 53.2 Å². The second kappa shape index (κ2) is 7.19. The van der Waals surface area contributed by atoms with Crippen molar-refractivity contribution in [2.24, 2.45) is 0 Å². The number of amides is 1. The number of nitrogens with one attached hydrogen (secondary N) is 1.